The van der Waals surface area contributed by atoms with Gasteiger partial charge in [0.1, 0.15) is 18.3 Å². The molecular weight excluding hydrogens is 340 g/mol. The number of ether oxygens (including phenoxy) is 3. The predicted molar refractivity (Wildman–Crippen MR) is 89.6 cm³/mol. The van der Waals surface area contributed by atoms with Crippen molar-refractivity contribution in [2.75, 3.05) is 0 Å². The molecule has 0 unspecified atom stereocenters. The average Bonchev–Trinajstić information content (AvgIpc) is 2.88. The van der Waals surface area contributed by atoms with Crippen molar-refractivity contribution in [3.8, 4) is 0 Å². The molecule has 26 heavy (non-hydrogen) atoms. The van der Waals surface area contributed by atoms with Gasteiger partial charge in [0.15, 0.2) is 0 Å². The van der Waals surface area contributed by atoms with Gasteiger partial charge in [0.05, 0.1) is 12.0 Å². The molecule has 144 valence electrons. The zero-order valence-electron chi connectivity index (χ0n) is 15.6. The van der Waals surface area contributed by atoms with Crippen molar-refractivity contribution in [1.29, 1.82) is 0 Å². The second kappa shape index (κ2) is 6.37. The van der Waals surface area contributed by atoms with Crippen LogP contribution in [0.1, 0.15) is 40.5 Å². The molecule has 3 fully saturated rings. The van der Waals surface area contributed by atoms with Crippen LogP contribution in [0.25, 0.3) is 0 Å². The monoisotopic (exact) mass is 366 g/mol. The van der Waals surface area contributed by atoms with Crippen LogP contribution in [0.5, 0.6) is 0 Å². The van der Waals surface area contributed by atoms with Crippen LogP contribution in [0, 0.1) is 23.2 Å². The maximum absolute atomic E-state index is 12.1. The first-order valence-corrected chi connectivity index (χ1v) is 8.99. The Balaban J connectivity index is 2.10. The molecule has 1 aliphatic heterocycles. The van der Waals surface area contributed by atoms with Crippen molar-refractivity contribution < 1.29 is 33.7 Å². The summed E-state index contributed by atoms with van der Waals surface area (Å²) in [5, 5.41) is 10.9. The van der Waals surface area contributed by atoms with Gasteiger partial charge in [0.2, 0.25) is 0 Å². The smallest absolute Gasteiger partial charge is 0.334 e. The first-order valence-electron chi connectivity index (χ1n) is 8.99. The number of fused-ring (bicyclic) bond motifs is 2. The second-order valence-corrected chi connectivity index (χ2v) is 8.03. The van der Waals surface area contributed by atoms with Gasteiger partial charge in [-0.15, -0.1) is 0 Å². The van der Waals surface area contributed by atoms with E-state index in [1.165, 1.54) is 13.8 Å². The lowest BCUT2D eigenvalue weighted by atomic mass is 9.66. The molecule has 7 nitrogen and oxygen atoms in total. The molecule has 8 atom stereocenters. The Morgan fingerprint density at radius 2 is 1.85 bits per heavy atom. The van der Waals surface area contributed by atoms with Gasteiger partial charge in [-0.2, -0.15) is 0 Å². The van der Waals surface area contributed by atoms with Gasteiger partial charge in [0, 0.05) is 37.2 Å². The summed E-state index contributed by atoms with van der Waals surface area (Å²) in [6.45, 7) is 10.3. The number of carbonyl (C=O) groups is 3. The van der Waals surface area contributed by atoms with Crippen LogP contribution in [-0.4, -0.2) is 47.4 Å². The van der Waals surface area contributed by atoms with Crippen LogP contribution in [0.3, 0.4) is 0 Å². The van der Waals surface area contributed by atoms with Crippen molar-refractivity contribution in [2.45, 2.75) is 65.0 Å². The zero-order valence-corrected chi connectivity index (χ0v) is 15.6. The Hall–Kier alpha value is -1.89. The molecule has 1 heterocycles. The molecule has 0 bridgehead atoms. The summed E-state index contributed by atoms with van der Waals surface area (Å²) in [5.74, 6) is -2.18. The minimum atomic E-state index is -0.887. The van der Waals surface area contributed by atoms with Crippen LogP contribution < -0.4 is 0 Å². The van der Waals surface area contributed by atoms with Crippen molar-refractivity contribution in [3.05, 3.63) is 12.2 Å². The summed E-state index contributed by atoms with van der Waals surface area (Å²) in [7, 11) is 0. The van der Waals surface area contributed by atoms with E-state index >= 15 is 0 Å². The number of esters is 3. The standard InChI is InChI=1S/C19H26O7/c1-8-6-12-15(9(2)18(23)26-12)17(25-11(4)21)19(5)14(22)7-13(16(8)19)24-10(3)20/h8,12-17,22H,2,6-7H2,1,3-5H3/t8-,12-,13-,14-,15+,16+,17-,19+/m0/s1. The number of aliphatic hydroxyl groups is 1. The summed E-state index contributed by atoms with van der Waals surface area (Å²) in [5.41, 5.74) is -0.625. The van der Waals surface area contributed by atoms with E-state index in [4.69, 9.17) is 14.2 Å². The van der Waals surface area contributed by atoms with E-state index in [0.29, 0.717) is 6.42 Å². The summed E-state index contributed by atoms with van der Waals surface area (Å²) in [6.07, 6.45) is -1.80. The molecule has 0 aromatic heterocycles. The molecule has 0 aromatic rings. The normalized spacial score (nSPS) is 44.6. The van der Waals surface area contributed by atoms with Gasteiger partial charge in [-0.25, -0.2) is 4.79 Å². The second-order valence-electron chi connectivity index (χ2n) is 8.03. The molecule has 1 N–H and O–H groups in total. The minimum Gasteiger partial charge on any atom is -0.462 e. The molecule has 1 saturated heterocycles. The van der Waals surface area contributed by atoms with Gasteiger partial charge < -0.3 is 19.3 Å². The van der Waals surface area contributed by atoms with Gasteiger partial charge in [0.25, 0.3) is 0 Å². The quantitative estimate of drug-likeness (QED) is 0.448. The predicted octanol–water partition coefficient (Wildman–Crippen LogP) is 1.37. The summed E-state index contributed by atoms with van der Waals surface area (Å²) in [4.78, 5) is 35.5. The zero-order chi connectivity index (χ0) is 19.4. The van der Waals surface area contributed by atoms with Gasteiger partial charge in [-0.1, -0.05) is 20.4 Å². The Morgan fingerprint density at radius 1 is 1.23 bits per heavy atom. The highest BCUT2D eigenvalue weighted by atomic mass is 16.6. The van der Waals surface area contributed by atoms with Gasteiger partial charge in [-0.3, -0.25) is 9.59 Å². The Bertz CT molecular complexity index is 656. The van der Waals surface area contributed by atoms with E-state index in [1.807, 2.05) is 13.8 Å². The Labute approximate surface area is 152 Å². The van der Waals surface area contributed by atoms with Crippen LogP contribution in [0.15, 0.2) is 12.2 Å². The molecule has 3 rings (SSSR count). The Morgan fingerprint density at radius 3 is 2.42 bits per heavy atom. The lowest BCUT2D eigenvalue weighted by Crippen LogP contribution is -2.51. The topological polar surface area (TPSA) is 99.1 Å². The maximum Gasteiger partial charge on any atom is 0.334 e. The average molecular weight is 366 g/mol. The molecule has 0 amide bonds. The van der Waals surface area contributed by atoms with Gasteiger partial charge in [-0.05, 0) is 12.3 Å². The van der Waals surface area contributed by atoms with E-state index in [0.717, 1.165) is 0 Å². The fourth-order valence-corrected chi connectivity index (χ4v) is 5.44. The van der Waals surface area contributed by atoms with Crippen molar-refractivity contribution in [1.82, 2.24) is 0 Å². The summed E-state index contributed by atoms with van der Waals surface area (Å²) >= 11 is 0. The van der Waals surface area contributed by atoms with E-state index in [9.17, 15) is 19.5 Å². The van der Waals surface area contributed by atoms with E-state index in [-0.39, 0.29) is 23.8 Å². The fraction of sp³-hybridized carbons (Fsp3) is 0.737. The Kier molecular flexibility index (Phi) is 4.63. The third-order valence-corrected chi connectivity index (χ3v) is 6.38. The van der Waals surface area contributed by atoms with Gasteiger partial charge >= 0.3 is 17.9 Å². The highest BCUT2D eigenvalue weighted by Gasteiger charge is 2.66. The summed E-state index contributed by atoms with van der Waals surface area (Å²) in [6, 6.07) is 0. The third kappa shape index (κ3) is 2.73. The number of carbonyl (C=O) groups excluding carboxylic acids is 3. The molecule has 0 aromatic carbocycles. The maximum atomic E-state index is 12.1. The number of hydrogen-bond donors (Lipinski definition) is 1. The molecule has 0 spiro atoms. The molecule has 0 radical (unpaired) electrons. The van der Waals surface area contributed by atoms with Crippen LogP contribution >= 0.6 is 0 Å². The molecule has 7 heteroatoms. The first kappa shape index (κ1) is 18.9. The van der Waals surface area contributed by atoms with E-state index < -0.39 is 53.7 Å². The minimum absolute atomic E-state index is 0.0201. The number of hydrogen-bond acceptors (Lipinski definition) is 7. The SMILES string of the molecule is C=C1C(=O)O[C@H]2C[C@H](C)[C@@H]3[C@@H](OC(C)=O)C[C@H](O)[C@@]3(C)[C@@H](OC(C)=O)[C@H]12. The molecule has 2 aliphatic carbocycles. The largest absolute Gasteiger partial charge is 0.462 e. The van der Waals surface area contributed by atoms with Crippen molar-refractivity contribution in [3.63, 3.8) is 0 Å². The highest BCUT2D eigenvalue weighted by Crippen LogP contribution is 2.58. The van der Waals surface area contributed by atoms with Crippen LogP contribution in [-0.2, 0) is 28.6 Å². The molecule has 2 saturated carbocycles. The number of rotatable bonds is 2. The van der Waals surface area contributed by atoms with Crippen LogP contribution in [0.4, 0.5) is 0 Å². The van der Waals surface area contributed by atoms with E-state index in [2.05, 4.69) is 6.58 Å². The van der Waals surface area contributed by atoms with Crippen LogP contribution in [0.2, 0.25) is 0 Å². The third-order valence-electron chi connectivity index (χ3n) is 6.38. The molecular formula is C19H26O7. The van der Waals surface area contributed by atoms with Crippen molar-refractivity contribution in [2.24, 2.45) is 23.2 Å². The highest BCUT2D eigenvalue weighted by molar-refractivity contribution is 5.91. The fourth-order valence-electron chi connectivity index (χ4n) is 5.44. The number of aliphatic hydroxyl groups excluding tert-OH is 1. The lowest BCUT2D eigenvalue weighted by molar-refractivity contribution is -0.170. The summed E-state index contributed by atoms with van der Waals surface area (Å²) < 4.78 is 16.6. The van der Waals surface area contributed by atoms with E-state index in [1.54, 1.807) is 0 Å². The molecule has 3 aliphatic rings. The lowest BCUT2D eigenvalue weighted by Gasteiger charge is -2.43. The first-order chi connectivity index (χ1) is 12.1. The van der Waals surface area contributed by atoms with Crippen molar-refractivity contribution >= 4 is 17.9 Å².